The predicted molar refractivity (Wildman–Crippen MR) is 37.7 cm³/mol. The molecule has 2 saturated carbocycles. The molecule has 0 aromatic rings. The van der Waals surface area contributed by atoms with Gasteiger partial charge in [-0.25, -0.2) is 0 Å². The largest absolute Gasteiger partial charge is 0.392 e. The van der Waals surface area contributed by atoms with Gasteiger partial charge < -0.3 is 4.84 Å². The number of oxime groups is 1. The van der Waals surface area contributed by atoms with E-state index in [1.807, 2.05) is 6.21 Å². The van der Waals surface area contributed by atoms with Gasteiger partial charge in [0.05, 0.1) is 6.21 Å². The Bertz CT molecular complexity index is 190. The highest BCUT2D eigenvalue weighted by atomic mass is 16.6. The molecule has 0 amide bonds. The van der Waals surface area contributed by atoms with Gasteiger partial charge in [-0.3, -0.25) is 0 Å². The van der Waals surface area contributed by atoms with Gasteiger partial charge in [0.1, 0.15) is 6.10 Å². The molecule has 0 radical (unpaired) electrons. The lowest BCUT2D eigenvalue weighted by Gasteiger charge is -2.40. The van der Waals surface area contributed by atoms with E-state index in [0.717, 1.165) is 11.8 Å². The first-order valence-corrected chi connectivity index (χ1v) is 4.16. The van der Waals surface area contributed by atoms with E-state index in [1.54, 1.807) is 0 Å². The predicted octanol–water partition coefficient (Wildman–Crippen LogP) is 1.42. The smallest absolute Gasteiger partial charge is 0.138 e. The number of nitrogens with zero attached hydrogens (tertiary/aromatic N) is 1. The van der Waals surface area contributed by atoms with Crippen LogP contribution in [0.3, 0.4) is 0 Å². The van der Waals surface area contributed by atoms with E-state index in [0.29, 0.717) is 12.0 Å². The average Bonchev–Trinajstić information content (AvgIpc) is 2.42. The fourth-order valence-corrected chi connectivity index (χ4v) is 2.81. The van der Waals surface area contributed by atoms with Crippen LogP contribution in [0.4, 0.5) is 0 Å². The molecule has 4 unspecified atom stereocenters. The first kappa shape index (κ1) is 5.16. The molecule has 4 atom stereocenters. The minimum atomic E-state index is 0.493. The third-order valence-electron chi connectivity index (χ3n) is 3.34. The summed E-state index contributed by atoms with van der Waals surface area (Å²) in [6.45, 7) is 0. The van der Waals surface area contributed by atoms with Gasteiger partial charge >= 0.3 is 0 Å². The number of fused-ring (bicyclic) bond motifs is 4. The van der Waals surface area contributed by atoms with Crippen molar-refractivity contribution < 1.29 is 4.84 Å². The van der Waals surface area contributed by atoms with Gasteiger partial charge in [-0.2, -0.15) is 0 Å². The van der Waals surface area contributed by atoms with Crippen molar-refractivity contribution in [1.29, 1.82) is 0 Å². The summed E-state index contributed by atoms with van der Waals surface area (Å²) in [6, 6.07) is 0. The zero-order chi connectivity index (χ0) is 6.55. The monoisotopic (exact) mass is 137 g/mol. The molecule has 2 fully saturated rings. The third kappa shape index (κ3) is 0.414. The molecule has 3 rings (SSSR count). The topological polar surface area (TPSA) is 21.6 Å². The van der Waals surface area contributed by atoms with Crippen LogP contribution in [-0.4, -0.2) is 12.3 Å². The van der Waals surface area contributed by atoms with Crippen molar-refractivity contribution >= 4 is 6.21 Å². The third-order valence-corrected chi connectivity index (χ3v) is 3.34. The quantitative estimate of drug-likeness (QED) is 0.494. The van der Waals surface area contributed by atoms with Crippen molar-refractivity contribution in [2.75, 3.05) is 0 Å². The fourth-order valence-electron chi connectivity index (χ4n) is 2.81. The number of rotatable bonds is 0. The van der Waals surface area contributed by atoms with E-state index in [4.69, 9.17) is 4.84 Å². The van der Waals surface area contributed by atoms with Crippen LogP contribution in [0.2, 0.25) is 0 Å². The summed E-state index contributed by atoms with van der Waals surface area (Å²) >= 11 is 0. The van der Waals surface area contributed by atoms with E-state index in [9.17, 15) is 0 Å². The SMILES string of the molecule is C1=NOC2C1C1CCCC12. The van der Waals surface area contributed by atoms with Crippen molar-refractivity contribution in [3.63, 3.8) is 0 Å². The van der Waals surface area contributed by atoms with Gasteiger partial charge in [-0.05, 0) is 18.8 Å². The standard InChI is InChI=1S/C8H11NO/c1-2-5-6(3-1)8-7(5)4-9-10-8/h4-8H,1-3H2. The Kier molecular flexibility index (Phi) is 0.800. The van der Waals surface area contributed by atoms with Crippen molar-refractivity contribution in [2.24, 2.45) is 22.9 Å². The Morgan fingerprint density at radius 1 is 1.30 bits per heavy atom. The van der Waals surface area contributed by atoms with Gasteiger partial charge in [0.25, 0.3) is 0 Å². The normalized spacial score (nSPS) is 55.2. The average molecular weight is 137 g/mol. The van der Waals surface area contributed by atoms with Gasteiger partial charge in [-0.15, -0.1) is 0 Å². The molecule has 2 aliphatic carbocycles. The zero-order valence-electron chi connectivity index (χ0n) is 5.86. The summed E-state index contributed by atoms with van der Waals surface area (Å²) in [5, 5.41) is 3.87. The number of hydrogen-bond donors (Lipinski definition) is 0. The van der Waals surface area contributed by atoms with Gasteiger partial charge in [0, 0.05) is 11.8 Å². The van der Waals surface area contributed by atoms with Gasteiger partial charge in [-0.1, -0.05) is 11.6 Å². The molecule has 1 aliphatic heterocycles. The first-order chi connectivity index (χ1) is 4.97. The highest BCUT2D eigenvalue weighted by Crippen LogP contribution is 2.53. The van der Waals surface area contributed by atoms with Crippen LogP contribution in [0.5, 0.6) is 0 Å². The molecular formula is C8H11NO. The molecular weight excluding hydrogens is 126 g/mol. The van der Waals surface area contributed by atoms with Crippen LogP contribution in [0, 0.1) is 17.8 Å². The summed E-state index contributed by atoms with van der Waals surface area (Å²) < 4.78 is 0. The first-order valence-electron chi connectivity index (χ1n) is 4.16. The molecule has 2 heteroatoms. The van der Waals surface area contributed by atoms with E-state index >= 15 is 0 Å². The molecule has 0 bridgehead atoms. The van der Waals surface area contributed by atoms with Crippen LogP contribution in [-0.2, 0) is 4.84 Å². The van der Waals surface area contributed by atoms with E-state index in [2.05, 4.69) is 5.16 Å². The molecule has 0 aromatic heterocycles. The van der Waals surface area contributed by atoms with Gasteiger partial charge in [0.15, 0.2) is 0 Å². The van der Waals surface area contributed by atoms with Crippen molar-refractivity contribution in [3.8, 4) is 0 Å². The van der Waals surface area contributed by atoms with Crippen molar-refractivity contribution in [2.45, 2.75) is 25.4 Å². The maximum absolute atomic E-state index is 5.24. The van der Waals surface area contributed by atoms with Crippen molar-refractivity contribution in [3.05, 3.63) is 0 Å². The molecule has 3 aliphatic rings. The van der Waals surface area contributed by atoms with Crippen LogP contribution >= 0.6 is 0 Å². The number of hydrogen-bond acceptors (Lipinski definition) is 2. The van der Waals surface area contributed by atoms with Crippen molar-refractivity contribution in [1.82, 2.24) is 0 Å². The summed E-state index contributed by atoms with van der Waals surface area (Å²) in [4.78, 5) is 5.24. The lowest BCUT2D eigenvalue weighted by molar-refractivity contribution is -0.0756. The zero-order valence-corrected chi connectivity index (χ0v) is 5.86. The molecule has 1 heterocycles. The molecule has 10 heavy (non-hydrogen) atoms. The molecule has 0 spiro atoms. The molecule has 0 N–H and O–H groups in total. The maximum Gasteiger partial charge on any atom is 0.138 e. The summed E-state index contributed by atoms with van der Waals surface area (Å²) in [5.74, 6) is 2.51. The van der Waals surface area contributed by atoms with E-state index in [1.165, 1.54) is 19.3 Å². The minimum absolute atomic E-state index is 0.493. The lowest BCUT2D eigenvalue weighted by atomic mass is 9.65. The van der Waals surface area contributed by atoms with Crippen LogP contribution < -0.4 is 0 Å². The Balaban J connectivity index is 1.88. The highest BCUT2D eigenvalue weighted by Gasteiger charge is 2.55. The van der Waals surface area contributed by atoms with Gasteiger partial charge in [0.2, 0.25) is 0 Å². The Morgan fingerprint density at radius 2 is 2.20 bits per heavy atom. The molecule has 54 valence electrons. The minimum Gasteiger partial charge on any atom is -0.392 e. The van der Waals surface area contributed by atoms with Crippen LogP contribution in [0.25, 0.3) is 0 Å². The Hall–Kier alpha value is -0.530. The Morgan fingerprint density at radius 3 is 3.20 bits per heavy atom. The second-order valence-corrected chi connectivity index (χ2v) is 3.66. The van der Waals surface area contributed by atoms with Crippen LogP contribution in [0.15, 0.2) is 5.16 Å². The molecule has 0 aromatic carbocycles. The summed E-state index contributed by atoms with van der Waals surface area (Å²) in [5.41, 5.74) is 0. The second-order valence-electron chi connectivity index (χ2n) is 3.66. The molecule has 2 nitrogen and oxygen atoms in total. The maximum atomic E-state index is 5.24. The second kappa shape index (κ2) is 1.55. The summed E-state index contributed by atoms with van der Waals surface area (Å²) in [6.07, 6.45) is 6.72. The fraction of sp³-hybridized carbons (Fsp3) is 0.875. The van der Waals surface area contributed by atoms with Crippen LogP contribution in [0.1, 0.15) is 19.3 Å². The highest BCUT2D eigenvalue weighted by molar-refractivity contribution is 5.65. The van der Waals surface area contributed by atoms with E-state index < -0.39 is 0 Å². The molecule has 0 saturated heterocycles. The lowest BCUT2D eigenvalue weighted by Crippen LogP contribution is -2.47. The summed E-state index contributed by atoms with van der Waals surface area (Å²) in [7, 11) is 0. The van der Waals surface area contributed by atoms with E-state index in [-0.39, 0.29) is 0 Å². The Labute approximate surface area is 60.2 Å².